The van der Waals surface area contributed by atoms with Crippen LogP contribution >= 0.6 is 27.3 Å². The number of nitrogens with one attached hydrogen (secondary N) is 1. The summed E-state index contributed by atoms with van der Waals surface area (Å²) in [5.74, 6) is -0.0721. The molecule has 0 spiro atoms. The average Bonchev–Trinajstić information content (AvgIpc) is 2.77. The van der Waals surface area contributed by atoms with E-state index in [-0.39, 0.29) is 5.69 Å². The summed E-state index contributed by atoms with van der Waals surface area (Å²) in [5.41, 5.74) is 11.7. The summed E-state index contributed by atoms with van der Waals surface area (Å²) in [4.78, 5) is 16.4. The number of hydrogen-bond acceptors (Lipinski definition) is 5. The van der Waals surface area contributed by atoms with E-state index in [9.17, 15) is 4.79 Å². The Labute approximate surface area is 123 Å². The first-order chi connectivity index (χ1) is 9.06. The molecule has 0 saturated carbocycles. The third-order valence-corrected chi connectivity index (χ3v) is 4.16. The topological polar surface area (TPSA) is 94.0 Å². The highest BCUT2D eigenvalue weighted by atomic mass is 79.9. The van der Waals surface area contributed by atoms with E-state index in [0.29, 0.717) is 18.1 Å². The first-order valence-corrected chi connectivity index (χ1v) is 7.21. The van der Waals surface area contributed by atoms with Crippen molar-refractivity contribution >= 4 is 44.7 Å². The lowest BCUT2D eigenvalue weighted by molar-refractivity contribution is 0.0996. The van der Waals surface area contributed by atoms with Crippen LogP contribution in [-0.2, 0) is 6.42 Å². The van der Waals surface area contributed by atoms with Gasteiger partial charge in [-0.2, -0.15) is 0 Å². The number of rotatable bonds is 5. The molecule has 5 nitrogen and oxygen atoms in total. The number of aromatic nitrogens is 1. The lowest BCUT2D eigenvalue weighted by Gasteiger charge is -2.08. The molecule has 100 valence electrons. The SMILES string of the molecule is NC(=O)c1ccc(N)c(NCCc2ccc(Br)s2)n1. The number of halogens is 1. The zero-order chi connectivity index (χ0) is 13.8. The van der Waals surface area contributed by atoms with Gasteiger partial charge in [-0.05, 0) is 46.6 Å². The van der Waals surface area contributed by atoms with E-state index in [0.717, 1.165) is 10.2 Å². The Hall–Kier alpha value is -1.60. The number of carbonyl (C=O) groups is 1. The molecule has 2 aromatic heterocycles. The standard InChI is InChI=1S/C12H13BrN4OS/c13-10-4-1-7(19-10)5-6-16-12-8(14)2-3-9(17-12)11(15)18/h1-4H,5-6,14H2,(H2,15,18)(H,16,17). The van der Waals surface area contributed by atoms with Gasteiger partial charge in [0.2, 0.25) is 0 Å². The van der Waals surface area contributed by atoms with E-state index >= 15 is 0 Å². The summed E-state index contributed by atoms with van der Waals surface area (Å²) < 4.78 is 1.11. The number of nitrogen functional groups attached to an aromatic ring is 1. The molecule has 1 amide bonds. The number of pyridine rings is 1. The van der Waals surface area contributed by atoms with Gasteiger partial charge < -0.3 is 16.8 Å². The zero-order valence-electron chi connectivity index (χ0n) is 10.0. The van der Waals surface area contributed by atoms with Gasteiger partial charge in [-0.15, -0.1) is 11.3 Å². The van der Waals surface area contributed by atoms with E-state index < -0.39 is 5.91 Å². The Morgan fingerprint density at radius 3 is 2.79 bits per heavy atom. The molecule has 0 saturated heterocycles. The van der Waals surface area contributed by atoms with Crippen LogP contribution < -0.4 is 16.8 Å². The first kappa shape index (κ1) is 13.8. The summed E-state index contributed by atoms with van der Waals surface area (Å²) in [6.07, 6.45) is 0.859. The third-order valence-electron chi connectivity index (χ3n) is 2.47. The molecule has 0 aliphatic carbocycles. The maximum absolute atomic E-state index is 11.1. The molecule has 2 aromatic rings. The van der Waals surface area contributed by atoms with Crippen LogP contribution in [-0.4, -0.2) is 17.4 Å². The summed E-state index contributed by atoms with van der Waals surface area (Å²) in [7, 11) is 0. The second-order valence-corrected chi connectivity index (χ2v) is 6.43. The molecule has 0 aliphatic heterocycles. The van der Waals surface area contributed by atoms with Crippen LogP contribution in [0, 0.1) is 0 Å². The van der Waals surface area contributed by atoms with Gasteiger partial charge in [-0.3, -0.25) is 4.79 Å². The molecule has 0 radical (unpaired) electrons. The molecule has 2 rings (SSSR count). The number of hydrogen-bond donors (Lipinski definition) is 3. The fraction of sp³-hybridized carbons (Fsp3) is 0.167. The Balaban J connectivity index is 1.99. The molecule has 0 unspecified atom stereocenters. The van der Waals surface area contributed by atoms with Gasteiger partial charge in [-0.1, -0.05) is 0 Å². The summed E-state index contributed by atoms with van der Waals surface area (Å²) >= 11 is 5.11. The molecule has 0 aromatic carbocycles. The molecular weight excluding hydrogens is 328 g/mol. The van der Waals surface area contributed by atoms with E-state index in [1.165, 1.54) is 10.9 Å². The normalized spacial score (nSPS) is 10.4. The molecule has 7 heteroatoms. The van der Waals surface area contributed by atoms with Crippen molar-refractivity contribution < 1.29 is 4.79 Å². The summed E-state index contributed by atoms with van der Waals surface area (Å²) in [6, 6.07) is 7.21. The number of amides is 1. The maximum atomic E-state index is 11.1. The Morgan fingerprint density at radius 2 is 2.16 bits per heavy atom. The van der Waals surface area contributed by atoms with Gasteiger partial charge in [0.25, 0.3) is 5.91 Å². The number of carbonyl (C=O) groups excluding carboxylic acids is 1. The number of nitrogens with zero attached hydrogens (tertiary/aromatic N) is 1. The molecule has 2 heterocycles. The molecule has 19 heavy (non-hydrogen) atoms. The van der Waals surface area contributed by atoms with E-state index in [2.05, 4.69) is 32.3 Å². The van der Waals surface area contributed by atoms with Crippen LogP contribution in [0.15, 0.2) is 28.1 Å². The highest BCUT2D eigenvalue weighted by Gasteiger charge is 2.07. The zero-order valence-corrected chi connectivity index (χ0v) is 12.4. The monoisotopic (exact) mass is 340 g/mol. The van der Waals surface area contributed by atoms with Crippen molar-refractivity contribution in [2.45, 2.75) is 6.42 Å². The fourth-order valence-corrected chi connectivity index (χ4v) is 3.02. The largest absolute Gasteiger partial charge is 0.396 e. The first-order valence-electron chi connectivity index (χ1n) is 5.60. The Bertz CT molecular complexity index is 599. The van der Waals surface area contributed by atoms with Crippen molar-refractivity contribution in [1.82, 2.24) is 4.98 Å². The van der Waals surface area contributed by atoms with Crippen LogP contribution in [0.2, 0.25) is 0 Å². The van der Waals surface area contributed by atoms with Crippen LogP contribution in [0.5, 0.6) is 0 Å². The molecule has 0 atom stereocenters. The molecule has 0 bridgehead atoms. The Kier molecular flexibility index (Phi) is 4.39. The van der Waals surface area contributed by atoms with Crippen molar-refractivity contribution in [1.29, 1.82) is 0 Å². The van der Waals surface area contributed by atoms with Crippen LogP contribution in [0.4, 0.5) is 11.5 Å². The Morgan fingerprint density at radius 1 is 1.37 bits per heavy atom. The molecule has 0 fully saturated rings. The van der Waals surface area contributed by atoms with Crippen molar-refractivity contribution in [3.05, 3.63) is 38.6 Å². The minimum Gasteiger partial charge on any atom is -0.396 e. The predicted molar refractivity (Wildman–Crippen MR) is 81.4 cm³/mol. The number of anilines is 2. The van der Waals surface area contributed by atoms with Gasteiger partial charge >= 0.3 is 0 Å². The van der Waals surface area contributed by atoms with E-state index in [1.54, 1.807) is 17.4 Å². The van der Waals surface area contributed by atoms with Crippen LogP contribution in [0.25, 0.3) is 0 Å². The number of primary amides is 1. The van der Waals surface area contributed by atoms with Crippen molar-refractivity contribution in [2.75, 3.05) is 17.6 Å². The quantitative estimate of drug-likeness (QED) is 0.777. The van der Waals surface area contributed by atoms with Gasteiger partial charge in [0.1, 0.15) is 11.5 Å². The summed E-state index contributed by atoms with van der Waals surface area (Å²) in [5, 5.41) is 3.11. The second-order valence-electron chi connectivity index (χ2n) is 3.88. The molecule has 5 N–H and O–H groups in total. The van der Waals surface area contributed by atoms with Crippen LogP contribution in [0.1, 0.15) is 15.4 Å². The molecular formula is C12H13BrN4OS. The third kappa shape index (κ3) is 3.68. The fourth-order valence-electron chi connectivity index (χ4n) is 1.54. The highest BCUT2D eigenvalue weighted by Crippen LogP contribution is 2.22. The lowest BCUT2D eigenvalue weighted by atomic mass is 10.3. The van der Waals surface area contributed by atoms with E-state index in [4.69, 9.17) is 11.5 Å². The second kappa shape index (κ2) is 6.03. The highest BCUT2D eigenvalue weighted by molar-refractivity contribution is 9.11. The molecule has 0 aliphatic rings. The maximum Gasteiger partial charge on any atom is 0.267 e. The van der Waals surface area contributed by atoms with Crippen molar-refractivity contribution in [2.24, 2.45) is 5.73 Å². The van der Waals surface area contributed by atoms with Gasteiger partial charge in [0, 0.05) is 11.4 Å². The van der Waals surface area contributed by atoms with Gasteiger partial charge in [0.15, 0.2) is 0 Å². The van der Waals surface area contributed by atoms with E-state index in [1.807, 2.05) is 6.07 Å². The minimum atomic E-state index is -0.565. The van der Waals surface area contributed by atoms with Crippen LogP contribution in [0.3, 0.4) is 0 Å². The number of nitrogens with two attached hydrogens (primary N) is 2. The van der Waals surface area contributed by atoms with Crippen molar-refractivity contribution in [3.8, 4) is 0 Å². The average molecular weight is 341 g/mol. The van der Waals surface area contributed by atoms with Gasteiger partial charge in [0.05, 0.1) is 9.47 Å². The minimum absolute atomic E-state index is 0.204. The smallest absolute Gasteiger partial charge is 0.267 e. The number of thiophene rings is 1. The summed E-state index contributed by atoms with van der Waals surface area (Å²) in [6.45, 7) is 0.687. The van der Waals surface area contributed by atoms with Crippen molar-refractivity contribution in [3.63, 3.8) is 0 Å². The van der Waals surface area contributed by atoms with Gasteiger partial charge in [-0.25, -0.2) is 4.98 Å². The predicted octanol–water partition coefficient (Wildman–Crippen LogP) is 2.24. The lowest BCUT2D eigenvalue weighted by Crippen LogP contribution is -2.15.